The van der Waals surface area contributed by atoms with Gasteiger partial charge in [-0.3, -0.25) is 14.2 Å². The molecular formula is C14H20FO6P3. The van der Waals surface area contributed by atoms with Gasteiger partial charge in [0.1, 0.15) is 0 Å². The highest BCUT2D eigenvalue weighted by Crippen LogP contribution is 2.50. The highest BCUT2D eigenvalue weighted by atomic mass is 31.2. The Morgan fingerprint density at radius 2 is 1.83 bits per heavy atom. The molecule has 10 heteroatoms. The minimum Gasteiger partial charge on any atom is -0.481 e. The number of benzene rings is 1. The Hall–Kier alpha value is -0.860. The van der Waals surface area contributed by atoms with Gasteiger partial charge in [-0.1, -0.05) is 42.7 Å². The van der Waals surface area contributed by atoms with Gasteiger partial charge >= 0.3 is 11.9 Å². The van der Waals surface area contributed by atoms with Crippen molar-refractivity contribution in [1.82, 2.24) is 0 Å². The maximum Gasteiger partial charge on any atom is 0.307 e. The van der Waals surface area contributed by atoms with E-state index in [1.165, 1.54) is 12.1 Å². The summed E-state index contributed by atoms with van der Waals surface area (Å²) >= 11 is 0. The Balaban J connectivity index is 2.95. The van der Waals surface area contributed by atoms with E-state index >= 15 is 0 Å². The first kappa shape index (κ1) is 21.2. The summed E-state index contributed by atoms with van der Waals surface area (Å²) in [4.78, 5) is 31.9. The smallest absolute Gasteiger partial charge is 0.307 e. The van der Waals surface area contributed by atoms with E-state index in [0.717, 1.165) is 0 Å². The Labute approximate surface area is 143 Å². The number of rotatable bonds is 9. The van der Waals surface area contributed by atoms with Crippen LogP contribution in [0.25, 0.3) is 0 Å². The van der Waals surface area contributed by atoms with Gasteiger partial charge in [0, 0.05) is 18.1 Å². The van der Waals surface area contributed by atoms with Gasteiger partial charge in [-0.05, 0) is 12.0 Å². The number of hydrogen-bond donors (Lipinski definition) is 3. The first-order valence-electron chi connectivity index (χ1n) is 7.03. The number of aliphatic carboxylic acids is 2. The first-order chi connectivity index (χ1) is 10.9. The molecule has 0 bridgehead atoms. The van der Waals surface area contributed by atoms with Crippen LogP contribution in [0.1, 0.15) is 24.0 Å². The van der Waals surface area contributed by atoms with Crippen LogP contribution in [-0.2, 0) is 25.5 Å². The molecule has 0 aliphatic rings. The molecule has 6 nitrogen and oxygen atoms in total. The molecule has 0 radical (unpaired) electrons. The second-order valence-corrected chi connectivity index (χ2v) is 10.3. The maximum atomic E-state index is 14.2. The van der Waals surface area contributed by atoms with Crippen LogP contribution in [0.4, 0.5) is 4.39 Å². The van der Waals surface area contributed by atoms with Crippen LogP contribution in [0.5, 0.6) is 0 Å². The van der Waals surface area contributed by atoms with E-state index in [9.17, 15) is 23.4 Å². The SMILES string of the molecule is O=C(O)CCC(CP(=O)(O)Cc1ccccc1C(F)(P)P)C(=O)O. The second kappa shape index (κ2) is 8.49. The van der Waals surface area contributed by atoms with Crippen molar-refractivity contribution >= 4 is 37.8 Å². The molecule has 0 fully saturated rings. The molecule has 1 rings (SSSR count). The van der Waals surface area contributed by atoms with Gasteiger partial charge in [-0.2, -0.15) is 0 Å². The molecule has 1 aromatic carbocycles. The molecule has 0 saturated carbocycles. The molecule has 0 aliphatic heterocycles. The highest BCUT2D eigenvalue weighted by Gasteiger charge is 2.32. The molecule has 0 heterocycles. The van der Waals surface area contributed by atoms with E-state index in [2.05, 4.69) is 0 Å². The lowest BCUT2D eigenvalue weighted by Gasteiger charge is -2.22. The van der Waals surface area contributed by atoms with Gasteiger partial charge in [-0.25, -0.2) is 4.39 Å². The summed E-state index contributed by atoms with van der Waals surface area (Å²) in [6, 6.07) is 6.18. The minimum atomic E-state index is -3.94. The van der Waals surface area contributed by atoms with Crippen molar-refractivity contribution < 1.29 is 33.7 Å². The van der Waals surface area contributed by atoms with Crippen LogP contribution in [0, 0.1) is 5.92 Å². The molecule has 4 atom stereocenters. The van der Waals surface area contributed by atoms with Crippen LogP contribution in [0.2, 0.25) is 0 Å². The largest absolute Gasteiger partial charge is 0.481 e. The number of carbonyl (C=O) groups is 2. The van der Waals surface area contributed by atoms with E-state index < -0.39 is 43.0 Å². The molecule has 4 unspecified atom stereocenters. The second-order valence-electron chi connectivity index (χ2n) is 5.58. The number of carboxylic acids is 2. The zero-order valence-corrected chi connectivity index (χ0v) is 16.0. The lowest BCUT2D eigenvalue weighted by molar-refractivity contribution is -0.142. The predicted octanol–water partition coefficient (Wildman–Crippen LogP) is 2.85. The topological polar surface area (TPSA) is 112 Å². The maximum absolute atomic E-state index is 14.2. The molecule has 0 aromatic heterocycles. The van der Waals surface area contributed by atoms with Crippen molar-refractivity contribution in [3.63, 3.8) is 0 Å². The zero-order chi connectivity index (χ0) is 18.5. The predicted molar refractivity (Wildman–Crippen MR) is 95.0 cm³/mol. The van der Waals surface area contributed by atoms with Crippen LogP contribution >= 0.6 is 25.8 Å². The Morgan fingerprint density at radius 1 is 1.25 bits per heavy atom. The highest BCUT2D eigenvalue weighted by molar-refractivity contribution is 7.57. The summed E-state index contributed by atoms with van der Waals surface area (Å²) in [5, 5.41) is 15.9. The fraction of sp³-hybridized carbons (Fsp3) is 0.429. The summed E-state index contributed by atoms with van der Waals surface area (Å²) in [6.45, 7) is 0. The number of halogens is 1. The third-order valence-corrected chi connectivity index (χ3v) is 5.88. The Kier molecular flexibility index (Phi) is 7.49. The Bertz CT molecular complexity index is 658. The van der Waals surface area contributed by atoms with E-state index in [1.807, 2.05) is 18.5 Å². The summed E-state index contributed by atoms with van der Waals surface area (Å²) in [7, 11) is 0.0132. The van der Waals surface area contributed by atoms with Crippen LogP contribution in [-0.4, -0.2) is 33.2 Å². The summed E-state index contributed by atoms with van der Waals surface area (Å²) < 4.78 is 26.6. The quantitative estimate of drug-likeness (QED) is 0.554. The molecule has 24 heavy (non-hydrogen) atoms. The minimum absolute atomic E-state index is 0.201. The van der Waals surface area contributed by atoms with Gasteiger partial charge in [-0.15, -0.1) is 0 Å². The number of carboxylic acid groups (broad SMARTS) is 2. The van der Waals surface area contributed by atoms with Gasteiger partial charge < -0.3 is 15.1 Å². The van der Waals surface area contributed by atoms with E-state index in [4.69, 9.17) is 10.2 Å². The molecule has 1 aromatic rings. The molecule has 0 spiro atoms. The van der Waals surface area contributed by atoms with Crippen molar-refractivity contribution in [3.8, 4) is 0 Å². The number of hydrogen-bond acceptors (Lipinski definition) is 3. The van der Waals surface area contributed by atoms with E-state index in [1.54, 1.807) is 12.1 Å². The number of alkyl halides is 1. The van der Waals surface area contributed by atoms with Gasteiger partial charge in [0.2, 0.25) is 7.37 Å². The van der Waals surface area contributed by atoms with E-state index in [0.29, 0.717) is 5.56 Å². The molecule has 134 valence electrons. The van der Waals surface area contributed by atoms with Crippen molar-refractivity contribution in [2.45, 2.75) is 24.2 Å². The van der Waals surface area contributed by atoms with Gasteiger partial charge in [0.25, 0.3) is 0 Å². The van der Waals surface area contributed by atoms with Crippen LogP contribution in [0.15, 0.2) is 24.3 Å². The standard InChI is InChI=1S/C14H20FO6P3/c15-14(22,23)11-4-2-1-3-9(11)7-24(20,21)8-10(13(18)19)5-6-12(16)17/h1-4,10H,5-8,22-23H2,(H,16,17)(H,18,19)(H,20,21). The van der Waals surface area contributed by atoms with Crippen molar-refractivity contribution in [2.24, 2.45) is 5.92 Å². The van der Waals surface area contributed by atoms with Crippen molar-refractivity contribution in [2.75, 3.05) is 6.16 Å². The monoisotopic (exact) mass is 396 g/mol. The first-order valence-corrected chi connectivity index (χ1v) is 10.2. The fourth-order valence-corrected chi connectivity index (χ4v) is 4.83. The van der Waals surface area contributed by atoms with Crippen molar-refractivity contribution in [1.29, 1.82) is 0 Å². The molecule has 0 aliphatic carbocycles. The average Bonchev–Trinajstić information content (AvgIpc) is 2.41. The molecule has 0 amide bonds. The third-order valence-electron chi connectivity index (χ3n) is 3.41. The average molecular weight is 396 g/mol. The van der Waals surface area contributed by atoms with E-state index in [-0.39, 0.29) is 18.1 Å². The lowest BCUT2D eigenvalue weighted by atomic mass is 10.1. The summed E-state index contributed by atoms with van der Waals surface area (Å²) in [5.74, 6) is -3.74. The fourth-order valence-electron chi connectivity index (χ4n) is 2.30. The van der Waals surface area contributed by atoms with Crippen LogP contribution in [0.3, 0.4) is 0 Å². The van der Waals surface area contributed by atoms with Gasteiger partial charge in [0.15, 0.2) is 5.15 Å². The lowest BCUT2D eigenvalue weighted by Crippen LogP contribution is -2.20. The van der Waals surface area contributed by atoms with Crippen LogP contribution < -0.4 is 0 Å². The van der Waals surface area contributed by atoms with Crippen molar-refractivity contribution in [3.05, 3.63) is 35.4 Å². The third kappa shape index (κ3) is 6.94. The normalized spacial score (nSPS) is 15.5. The molecule has 3 N–H and O–H groups in total. The zero-order valence-electron chi connectivity index (χ0n) is 12.8. The molecular weight excluding hydrogens is 376 g/mol. The van der Waals surface area contributed by atoms with Gasteiger partial charge in [0.05, 0.1) is 12.1 Å². The summed E-state index contributed by atoms with van der Waals surface area (Å²) in [5.41, 5.74) is 0.505. The Morgan fingerprint density at radius 3 is 2.33 bits per heavy atom. The summed E-state index contributed by atoms with van der Waals surface area (Å²) in [6.07, 6.45) is -1.58. The molecule has 0 saturated heterocycles.